The number of benzene rings is 1. The fraction of sp³-hybridized carbons (Fsp3) is 0.375. The van der Waals surface area contributed by atoms with E-state index in [0.717, 1.165) is 24.1 Å². The Kier molecular flexibility index (Phi) is 5.93. The largest absolute Gasteiger partial charge is 0.466 e. The second-order valence-corrected chi connectivity index (χ2v) is 7.97. The third-order valence-corrected chi connectivity index (χ3v) is 5.67. The van der Waals surface area contributed by atoms with E-state index >= 15 is 0 Å². The van der Waals surface area contributed by atoms with Crippen LogP contribution < -0.4 is 0 Å². The molecule has 0 spiro atoms. The van der Waals surface area contributed by atoms with Crippen molar-refractivity contribution in [3.05, 3.63) is 65.6 Å². The lowest BCUT2D eigenvalue weighted by Gasteiger charge is -2.31. The van der Waals surface area contributed by atoms with Gasteiger partial charge in [-0.3, -0.25) is 9.59 Å². The van der Waals surface area contributed by atoms with E-state index in [1.807, 2.05) is 71.9 Å². The molecule has 1 aliphatic heterocycles. The van der Waals surface area contributed by atoms with Crippen LogP contribution in [0.15, 0.2) is 48.8 Å². The number of ether oxygens (including phenoxy) is 1. The van der Waals surface area contributed by atoms with Crippen molar-refractivity contribution in [1.82, 2.24) is 19.2 Å². The highest BCUT2D eigenvalue weighted by Crippen LogP contribution is 2.27. The Morgan fingerprint density at radius 3 is 2.65 bits per heavy atom. The molecule has 2 aromatic heterocycles. The van der Waals surface area contributed by atoms with Crippen molar-refractivity contribution in [1.29, 1.82) is 0 Å². The minimum Gasteiger partial charge on any atom is -0.466 e. The first-order valence-corrected chi connectivity index (χ1v) is 10.8. The summed E-state index contributed by atoms with van der Waals surface area (Å²) in [6.45, 7) is 7.04. The maximum Gasteiger partial charge on any atom is 0.310 e. The van der Waals surface area contributed by atoms with Crippen LogP contribution in [0.5, 0.6) is 0 Å². The summed E-state index contributed by atoms with van der Waals surface area (Å²) >= 11 is 0. The van der Waals surface area contributed by atoms with Gasteiger partial charge in [-0.05, 0) is 63.4 Å². The monoisotopic (exact) mass is 420 g/mol. The number of aryl methyl sites for hydroxylation is 2. The van der Waals surface area contributed by atoms with Crippen LogP contribution in [0.2, 0.25) is 0 Å². The van der Waals surface area contributed by atoms with Crippen LogP contribution in [-0.4, -0.2) is 50.8 Å². The van der Waals surface area contributed by atoms with Crippen LogP contribution >= 0.6 is 0 Å². The lowest BCUT2D eigenvalue weighted by atomic mass is 9.97. The van der Waals surface area contributed by atoms with Crippen LogP contribution in [0.3, 0.4) is 0 Å². The molecule has 0 N–H and O–H groups in total. The Morgan fingerprint density at radius 2 is 1.94 bits per heavy atom. The maximum atomic E-state index is 13.7. The highest BCUT2D eigenvalue weighted by molar-refractivity contribution is 5.99. The quantitative estimate of drug-likeness (QED) is 0.590. The summed E-state index contributed by atoms with van der Waals surface area (Å²) in [6.07, 6.45) is 5.35. The third kappa shape index (κ3) is 4.13. The number of hydrogen-bond acceptors (Lipinski definition) is 4. The van der Waals surface area contributed by atoms with Crippen LogP contribution in [0.1, 0.15) is 41.4 Å². The SMILES string of the molecule is CCOC(=O)C1CCCN(C(=O)c2c(C)nn(-c3cccc(C)c3)c2-n2cccc2)C1. The molecule has 1 atom stereocenters. The third-order valence-electron chi connectivity index (χ3n) is 5.67. The number of esters is 1. The predicted molar refractivity (Wildman–Crippen MR) is 118 cm³/mol. The molecule has 0 saturated carbocycles. The first-order chi connectivity index (χ1) is 15.0. The molecule has 7 nitrogen and oxygen atoms in total. The number of aromatic nitrogens is 3. The summed E-state index contributed by atoms with van der Waals surface area (Å²) in [5.41, 5.74) is 3.23. The molecule has 162 valence electrons. The van der Waals surface area contributed by atoms with E-state index in [1.54, 1.807) is 11.8 Å². The van der Waals surface area contributed by atoms with Gasteiger partial charge in [0.05, 0.1) is 23.9 Å². The standard InChI is InChI=1S/C24H28N4O3/c1-4-31-24(30)19-10-8-14-27(16-19)23(29)21-18(3)25-28(20-11-7-9-17(2)15-20)22(21)26-12-5-6-13-26/h5-7,9,11-13,15,19H,4,8,10,14,16H2,1-3H3. The van der Waals surface area contributed by atoms with Crippen molar-refractivity contribution in [2.45, 2.75) is 33.6 Å². The average molecular weight is 421 g/mol. The van der Waals surface area contributed by atoms with Gasteiger partial charge in [0.25, 0.3) is 5.91 Å². The lowest BCUT2D eigenvalue weighted by Crippen LogP contribution is -2.43. The molecule has 1 aliphatic rings. The van der Waals surface area contributed by atoms with E-state index in [-0.39, 0.29) is 17.8 Å². The highest BCUT2D eigenvalue weighted by Gasteiger charge is 2.33. The zero-order valence-corrected chi connectivity index (χ0v) is 18.2. The van der Waals surface area contributed by atoms with Crippen molar-refractivity contribution >= 4 is 11.9 Å². The van der Waals surface area contributed by atoms with Crippen LogP contribution in [0, 0.1) is 19.8 Å². The summed E-state index contributed by atoms with van der Waals surface area (Å²) in [5, 5.41) is 4.73. The van der Waals surface area contributed by atoms with Gasteiger partial charge in [-0.15, -0.1) is 0 Å². The van der Waals surface area contributed by atoms with E-state index < -0.39 is 0 Å². The zero-order chi connectivity index (χ0) is 22.0. The predicted octanol–water partition coefficient (Wildman–Crippen LogP) is 3.70. The van der Waals surface area contributed by atoms with Gasteiger partial charge in [0.1, 0.15) is 5.56 Å². The normalized spacial score (nSPS) is 16.4. The Balaban J connectivity index is 1.74. The molecular weight excluding hydrogens is 392 g/mol. The molecule has 1 amide bonds. The number of piperidine rings is 1. The molecule has 3 aromatic rings. The van der Waals surface area contributed by atoms with Gasteiger partial charge in [-0.25, -0.2) is 4.68 Å². The molecule has 1 saturated heterocycles. The average Bonchev–Trinajstić information content (AvgIpc) is 3.41. The second-order valence-electron chi connectivity index (χ2n) is 7.97. The first-order valence-electron chi connectivity index (χ1n) is 10.8. The molecular formula is C24H28N4O3. The summed E-state index contributed by atoms with van der Waals surface area (Å²) in [6, 6.07) is 11.9. The minimum atomic E-state index is -0.278. The van der Waals surface area contributed by atoms with Gasteiger partial charge in [0, 0.05) is 25.5 Å². The zero-order valence-electron chi connectivity index (χ0n) is 18.2. The lowest BCUT2D eigenvalue weighted by molar-refractivity contribution is -0.149. The summed E-state index contributed by atoms with van der Waals surface area (Å²) in [4.78, 5) is 27.7. The van der Waals surface area contributed by atoms with Gasteiger partial charge in [0.2, 0.25) is 0 Å². The fourth-order valence-electron chi connectivity index (χ4n) is 4.19. The van der Waals surface area contributed by atoms with Crippen LogP contribution in [0.25, 0.3) is 11.5 Å². The molecule has 0 bridgehead atoms. The maximum absolute atomic E-state index is 13.7. The Labute approximate surface area is 182 Å². The number of likely N-dealkylation sites (tertiary alicyclic amines) is 1. The molecule has 0 aliphatic carbocycles. The van der Waals surface area contributed by atoms with Gasteiger partial charge < -0.3 is 14.2 Å². The van der Waals surface area contributed by atoms with E-state index in [9.17, 15) is 9.59 Å². The topological polar surface area (TPSA) is 69.4 Å². The summed E-state index contributed by atoms with van der Waals surface area (Å²) in [7, 11) is 0. The number of carbonyl (C=O) groups excluding carboxylic acids is 2. The summed E-state index contributed by atoms with van der Waals surface area (Å²) < 4.78 is 8.94. The molecule has 4 rings (SSSR count). The Morgan fingerprint density at radius 1 is 1.16 bits per heavy atom. The van der Waals surface area contributed by atoms with Gasteiger partial charge in [-0.2, -0.15) is 5.10 Å². The molecule has 1 unspecified atom stereocenters. The van der Waals surface area contributed by atoms with Crippen molar-refractivity contribution in [3.63, 3.8) is 0 Å². The van der Waals surface area contributed by atoms with Gasteiger partial charge in [-0.1, -0.05) is 12.1 Å². The number of carbonyl (C=O) groups is 2. The number of amides is 1. The van der Waals surface area contributed by atoms with E-state index in [0.29, 0.717) is 36.8 Å². The molecule has 3 heterocycles. The molecule has 31 heavy (non-hydrogen) atoms. The van der Waals surface area contributed by atoms with E-state index in [2.05, 4.69) is 0 Å². The van der Waals surface area contributed by atoms with E-state index in [1.165, 1.54) is 0 Å². The second kappa shape index (κ2) is 8.79. The molecule has 0 radical (unpaired) electrons. The minimum absolute atomic E-state index is 0.103. The summed E-state index contributed by atoms with van der Waals surface area (Å²) in [5.74, 6) is 0.100. The molecule has 1 fully saturated rings. The van der Waals surface area contributed by atoms with Crippen molar-refractivity contribution in [2.24, 2.45) is 5.92 Å². The smallest absolute Gasteiger partial charge is 0.310 e. The van der Waals surface area contributed by atoms with Crippen LogP contribution in [0.4, 0.5) is 0 Å². The number of hydrogen-bond donors (Lipinski definition) is 0. The van der Waals surface area contributed by atoms with Crippen molar-refractivity contribution < 1.29 is 14.3 Å². The first kappa shape index (κ1) is 20.9. The Hall–Kier alpha value is -3.35. The molecule has 1 aromatic carbocycles. The van der Waals surface area contributed by atoms with Crippen LogP contribution in [-0.2, 0) is 9.53 Å². The molecule has 7 heteroatoms. The van der Waals surface area contributed by atoms with Crippen molar-refractivity contribution in [3.8, 4) is 11.5 Å². The number of nitrogens with zero attached hydrogens (tertiary/aromatic N) is 4. The van der Waals surface area contributed by atoms with Crippen molar-refractivity contribution in [2.75, 3.05) is 19.7 Å². The number of rotatable bonds is 5. The van der Waals surface area contributed by atoms with Gasteiger partial charge >= 0.3 is 5.97 Å². The fourth-order valence-corrected chi connectivity index (χ4v) is 4.19. The Bertz CT molecular complexity index is 1080. The highest BCUT2D eigenvalue weighted by atomic mass is 16.5. The van der Waals surface area contributed by atoms with E-state index in [4.69, 9.17) is 9.84 Å². The van der Waals surface area contributed by atoms with Gasteiger partial charge in [0.15, 0.2) is 5.82 Å².